The lowest BCUT2D eigenvalue weighted by Gasteiger charge is -2.01. The molecule has 1 aromatic carbocycles. The molecule has 3 rings (SSSR count). The first kappa shape index (κ1) is 11.4. The molecule has 5 heteroatoms. The van der Waals surface area contributed by atoms with Gasteiger partial charge in [0.25, 0.3) is 5.91 Å². The van der Waals surface area contributed by atoms with E-state index in [-0.39, 0.29) is 18.2 Å². The van der Waals surface area contributed by atoms with Gasteiger partial charge >= 0.3 is 0 Å². The zero-order valence-electron chi connectivity index (χ0n) is 10.0. The van der Waals surface area contributed by atoms with Crippen molar-refractivity contribution in [2.24, 2.45) is 0 Å². The molecule has 5 nitrogen and oxygen atoms in total. The van der Waals surface area contributed by atoms with E-state index in [1.165, 1.54) is 0 Å². The summed E-state index contributed by atoms with van der Waals surface area (Å²) in [5, 5.41) is 6.39. The largest absolute Gasteiger partial charge is 0.292 e. The maximum Gasteiger partial charge on any atom is 0.254 e. The van der Waals surface area contributed by atoms with Crippen LogP contribution in [0.4, 0.5) is 0 Å². The number of hydrogen-bond acceptors (Lipinski definition) is 3. The van der Waals surface area contributed by atoms with Gasteiger partial charge in [0, 0.05) is 18.0 Å². The molecule has 1 aliphatic heterocycles. The smallest absolute Gasteiger partial charge is 0.254 e. The van der Waals surface area contributed by atoms with Crippen LogP contribution in [0.25, 0.3) is 11.8 Å². The zero-order chi connectivity index (χ0) is 13.2. The van der Waals surface area contributed by atoms with Crippen LogP contribution in [0, 0.1) is 0 Å². The highest BCUT2D eigenvalue weighted by molar-refractivity contribution is 6.15. The summed E-state index contributed by atoms with van der Waals surface area (Å²) in [6, 6.07) is 9.45. The van der Waals surface area contributed by atoms with E-state index in [0.29, 0.717) is 5.57 Å². The first-order chi connectivity index (χ1) is 9.22. The van der Waals surface area contributed by atoms with Gasteiger partial charge in [-0.05, 0) is 29.8 Å². The Morgan fingerprint density at radius 1 is 1.21 bits per heavy atom. The predicted octanol–water partition coefficient (Wildman–Crippen LogP) is 1.30. The van der Waals surface area contributed by atoms with Crippen LogP contribution in [0.5, 0.6) is 0 Å². The van der Waals surface area contributed by atoms with E-state index in [1.54, 1.807) is 17.0 Å². The fraction of sp³-hybridized carbons (Fsp3) is 0.0714. The van der Waals surface area contributed by atoms with Crippen molar-refractivity contribution in [2.45, 2.75) is 6.42 Å². The molecule has 0 bridgehead atoms. The summed E-state index contributed by atoms with van der Waals surface area (Å²) in [7, 11) is 0. The van der Waals surface area contributed by atoms with Crippen LogP contribution in [0.3, 0.4) is 0 Å². The van der Waals surface area contributed by atoms with Crippen LogP contribution in [-0.4, -0.2) is 21.6 Å². The van der Waals surface area contributed by atoms with E-state index < -0.39 is 0 Å². The minimum absolute atomic E-state index is 0.153. The molecule has 0 unspecified atom stereocenters. The highest BCUT2D eigenvalue weighted by Crippen LogP contribution is 2.16. The number of rotatable bonds is 2. The summed E-state index contributed by atoms with van der Waals surface area (Å²) in [5.74, 6) is -0.550. The van der Waals surface area contributed by atoms with Gasteiger partial charge in [-0.15, -0.1) is 0 Å². The van der Waals surface area contributed by atoms with Crippen molar-refractivity contribution in [3.63, 3.8) is 0 Å². The Hall–Kier alpha value is -2.69. The average molecular weight is 253 g/mol. The van der Waals surface area contributed by atoms with Crippen LogP contribution in [0.2, 0.25) is 0 Å². The molecule has 2 heterocycles. The Labute approximate surface area is 109 Å². The van der Waals surface area contributed by atoms with Crippen molar-refractivity contribution in [2.75, 3.05) is 0 Å². The number of imide groups is 1. The molecule has 0 aliphatic carbocycles. The maximum atomic E-state index is 11.4. The van der Waals surface area contributed by atoms with Crippen molar-refractivity contribution in [1.29, 1.82) is 0 Å². The van der Waals surface area contributed by atoms with E-state index >= 15 is 0 Å². The molecule has 0 radical (unpaired) electrons. The van der Waals surface area contributed by atoms with E-state index in [4.69, 9.17) is 0 Å². The summed E-state index contributed by atoms with van der Waals surface area (Å²) >= 11 is 0. The summed E-state index contributed by atoms with van der Waals surface area (Å²) in [5.41, 5.74) is 2.33. The third-order valence-electron chi connectivity index (χ3n) is 2.90. The zero-order valence-corrected chi connectivity index (χ0v) is 10.0. The highest BCUT2D eigenvalue weighted by atomic mass is 16.2. The molecule has 1 aliphatic rings. The van der Waals surface area contributed by atoms with Crippen molar-refractivity contribution < 1.29 is 9.59 Å². The summed E-state index contributed by atoms with van der Waals surface area (Å²) in [6.07, 6.45) is 5.45. The van der Waals surface area contributed by atoms with E-state index in [2.05, 4.69) is 10.4 Å². The van der Waals surface area contributed by atoms with Gasteiger partial charge in [0.05, 0.1) is 12.1 Å². The Kier molecular flexibility index (Phi) is 2.72. The minimum Gasteiger partial charge on any atom is -0.292 e. The Morgan fingerprint density at radius 3 is 2.58 bits per heavy atom. The van der Waals surface area contributed by atoms with Crippen LogP contribution in [0.15, 0.2) is 48.3 Å². The lowest BCUT2D eigenvalue weighted by Crippen LogP contribution is -2.19. The second-order valence-corrected chi connectivity index (χ2v) is 4.27. The fourth-order valence-corrected chi connectivity index (χ4v) is 1.97. The molecule has 94 valence electrons. The Morgan fingerprint density at radius 2 is 2.00 bits per heavy atom. The summed E-state index contributed by atoms with van der Waals surface area (Å²) in [4.78, 5) is 22.5. The van der Waals surface area contributed by atoms with Crippen molar-refractivity contribution in [1.82, 2.24) is 15.1 Å². The van der Waals surface area contributed by atoms with Crippen molar-refractivity contribution in [3.8, 4) is 5.69 Å². The van der Waals surface area contributed by atoms with E-state index in [9.17, 15) is 9.59 Å². The third kappa shape index (κ3) is 2.30. The van der Waals surface area contributed by atoms with Crippen molar-refractivity contribution in [3.05, 3.63) is 53.9 Å². The SMILES string of the molecule is O=C1CC(=Cc2ccc(-n3cccn3)cc2)C(=O)N1. The van der Waals surface area contributed by atoms with Crippen LogP contribution in [-0.2, 0) is 9.59 Å². The van der Waals surface area contributed by atoms with Crippen molar-refractivity contribution >= 4 is 17.9 Å². The van der Waals surface area contributed by atoms with Crippen LogP contribution >= 0.6 is 0 Å². The second-order valence-electron chi connectivity index (χ2n) is 4.27. The fourth-order valence-electron chi connectivity index (χ4n) is 1.97. The van der Waals surface area contributed by atoms with Gasteiger partial charge in [-0.1, -0.05) is 12.1 Å². The lowest BCUT2D eigenvalue weighted by atomic mass is 10.1. The number of nitrogens with zero attached hydrogens (tertiary/aromatic N) is 2. The standard InChI is InChI=1S/C14H11N3O2/c18-13-9-11(14(19)16-13)8-10-2-4-12(5-3-10)17-7-1-6-15-17/h1-8H,9H2,(H,16,18,19). The molecular weight excluding hydrogens is 242 g/mol. The molecule has 1 aromatic heterocycles. The topological polar surface area (TPSA) is 64.0 Å². The quantitative estimate of drug-likeness (QED) is 0.648. The monoisotopic (exact) mass is 253 g/mol. The molecule has 19 heavy (non-hydrogen) atoms. The van der Waals surface area contributed by atoms with Gasteiger partial charge in [-0.2, -0.15) is 5.10 Å². The molecule has 0 saturated carbocycles. The lowest BCUT2D eigenvalue weighted by molar-refractivity contribution is -0.124. The second kappa shape index (κ2) is 4.53. The number of amides is 2. The number of aromatic nitrogens is 2. The number of nitrogens with one attached hydrogen (secondary N) is 1. The van der Waals surface area contributed by atoms with Gasteiger partial charge in [0.1, 0.15) is 0 Å². The highest BCUT2D eigenvalue weighted by Gasteiger charge is 2.23. The normalized spacial score (nSPS) is 16.9. The first-order valence-corrected chi connectivity index (χ1v) is 5.87. The molecule has 0 atom stereocenters. The Balaban J connectivity index is 1.86. The molecular formula is C14H11N3O2. The molecule has 2 aromatic rings. The molecule has 0 spiro atoms. The van der Waals surface area contributed by atoms with Gasteiger partial charge in [0.2, 0.25) is 5.91 Å². The molecule has 1 saturated heterocycles. The Bertz CT molecular complexity index is 655. The summed E-state index contributed by atoms with van der Waals surface area (Å²) < 4.78 is 1.75. The molecule has 1 fully saturated rings. The average Bonchev–Trinajstić information content (AvgIpc) is 3.01. The summed E-state index contributed by atoms with van der Waals surface area (Å²) in [6.45, 7) is 0. The predicted molar refractivity (Wildman–Crippen MR) is 69.3 cm³/mol. The van der Waals surface area contributed by atoms with E-state index in [1.807, 2.05) is 36.5 Å². The number of carbonyl (C=O) groups is 2. The van der Waals surface area contributed by atoms with Gasteiger partial charge in [0.15, 0.2) is 0 Å². The van der Waals surface area contributed by atoms with Gasteiger partial charge in [-0.25, -0.2) is 4.68 Å². The van der Waals surface area contributed by atoms with Gasteiger partial charge in [-0.3, -0.25) is 14.9 Å². The van der Waals surface area contributed by atoms with Gasteiger partial charge < -0.3 is 0 Å². The molecule has 1 N–H and O–H groups in total. The minimum atomic E-state index is -0.304. The van der Waals surface area contributed by atoms with Crippen LogP contribution in [0.1, 0.15) is 12.0 Å². The third-order valence-corrected chi connectivity index (χ3v) is 2.90. The molecule has 2 amide bonds. The number of benzene rings is 1. The van der Waals surface area contributed by atoms with Crippen LogP contribution < -0.4 is 5.32 Å². The first-order valence-electron chi connectivity index (χ1n) is 5.87. The number of carbonyl (C=O) groups excluding carboxylic acids is 2. The van der Waals surface area contributed by atoms with E-state index in [0.717, 1.165) is 11.3 Å². The number of hydrogen-bond donors (Lipinski definition) is 1. The maximum absolute atomic E-state index is 11.4.